The van der Waals surface area contributed by atoms with E-state index in [1.807, 2.05) is 25.4 Å². The maximum atomic E-state index is 12.5. The van der Waals surface area contributed by atoms with E-state index in [9.17, 15) is 4.79 Å². The third-order valence-corrected chi connectivity index (χ3v) is 6.87. The van der Waals surface area contributed by atoms with Crippen molar-refractivity contribution >= 4 is 39.6 Å². The third kappa shape index (κ3) is 4.03. The molecule has 1 amide bonds. The molecule has 0 unspecified atom stereocenters. The van der Waals surface area contributed by atoms with Crippen LogP contribution in [0.15, 0.2) is 36.8 Å². The van der Waals surface area contributed by atoms with Crippen molar-refractivity contribution in [2.75, 3.05) is 42.3 Å². The molecular formula is C25H28N8O2. The number of nitrogens with zero attached hydrogens (tertiary/aromatic N) is 6. The van der Waals surface area contributed by atoms with Crippen molar-refractivity contribution in [2.24, 2.45) is 11.8 Å². The number of ether oxygens (including phenoxy) is 1. The van der Waals surface area contributed by atoms with Crippen molar-refractivity contribution < 1.29 is 9.53 Å². The molecule has 0 aromatic carbocycles. The highest BCUT2D eigenvalue weighted by Gasteiger charge is 2.39. The van der Waals surface area contributed by atoms with Gasteiger partial charge in [-0.05, 0) is 37.5 Å². The topological polar surface area (TPSA) is 110 Å². The molecule has 1 aliphatic carbocycles. The molecule has 10 heteroatoms. The van der Waals surface area contributed by atoms with Gasteiger partial charge in [0.15, 0.2) is 11.5 Å². The van der Waals surface area contributed by atoms with Crippen LogP contribution in [0.4, 0.5) is 17.3 Å². The Balaban J connectivity index is 1.39. The quantitative estimate of drug-likeness (QED) is 0.456. The molecule has 180 valence electrons. The SMILES string of the molecule is CNc1ncc(-c2nc3ccc(N4CCO[C@@H](C)C4)cn3n2)c2cc(NC(=O)[C@H]3C[C@H]3C)ncc12. The fourth-order valence-electron chi connectivity index (χ4n) is 4.71. The monoisotopic (exact) mass is 472 g/mol. The maximum absolute atomic E-state index is 12.5. The number of anilines is 3. The van der Waals surface area contributed by atoms with E-state index in [1.54, 1.807) is 16.9 Å². The largest absolute Gasteiger partial charge is 0.375 e. The van der Waals surface area contributed by atoms with E-state index in [2.05, 4.69) is 45.4 Å². The van der Waals surface area contributed by atoms with Gasteiger partial charge in [-0.2, -0.15) is 0 Å². The van der Waals surface area contributed by atoms with Crippen LogP contribution in [-0.2, 0) is 9.53 Å². The van der Waals surface area contributed by atoms with Crippen LogP contribution < -0.4 is 15.5 Å². The van der Waals surface area contributed by atoms with Crippen LogP contribution in [0.25, 0.3) is 27.8 Å². The molecule has 2 aliphatic rings. The molecule has 1 saturated carbocycles. The Labute approximate surface area is 202 Å². The van der Waals surface area contributed by atoms with Gasteiger partial charge >= 0.3 is 0 Å². The number of hydrogen-bond acceptors (Lipinski definition) is 8. The summed E-state index contributed by atoms with van der Waals surface area (Å²) in [7, 11) is 1.82. The molecule has 3 atom stereocenters. The van der Waals surface area contributed by atoms with Crippen LogP contribution in [-0.4, -0.2) is 63.3 Å². The van der Waals surface area contributed by atoms with Crippen LogP contribution in [0.5, 0.6) is 0 Å². The number of amides is 1. The Bertz CT molecular complexity index is 1430. The summed E-state index contributed by atoms with van der Waals surface area (Å²) in [6.45, 7) is 6.57. The second kappa shape index (κ2) is 8.46. The molecule has 2 N–H and O–H groups in total. The van der Waals surface area contributed by atoms with Crippen molar-refractivity contribution in [1.29, 1.82) is 0 Å². The van der Waals surface area contributed by atoms with Gasteiger partial charge in [0.1, 0.15) is 11.6 Å². The predicted molar refractivity (Wildman–Crippen MR) is 135 cm³/mol. The van der Waals surface area contributed by atoms with Crippen molar-refractivity contribution in [3.8, 4) is 11.4 Å². The number of morpholine rings is 1. The normalized spacial score (nSPS) is 21.9. The van der Waals surface area contributed by atoms with E-state index in [-0.39, 0.29) is 17.9 Å². The van der Waals surface area contributed by atoms with Crippen LogP contribution in [0.1, 0.15) is 20.3 Å². The van der Waals surface area contributed by atoms with Gasteiger partial charge in [0.25, 0.3) is 0 Å². The van der Waals surface area contributed by atoms with Gasteiger partial charge in [-0.3, -0.25) is 4.79 Å². The fourth-order valence-corrected chi connectivity index (χ4v) is 4.71. The van der Waals surface area contributed by atoms with Crippen LogP contribution >= 0.6 is 0 Å². The van der Waals surface area contributed by atoms with Crippen molar-refractivity contribution in [2.45, 2.75) is 26.4 Å². The molecule has 0 spiro atoms. The standard InChI is InChI=1S/C25H28N8O2/c1-14-8-17(14)25(34)29-21-9-18-19(10-27-21)23(26-3)28-11-20(18)24-30-22-5-4-16(13-33(22)31-24)32-6-7-35-15(2)12-32/h4-5,9-11,13-15,17H,6-8,12H2,1-3H3,(H,26,28)(H,27,29,34)/t14-,15+,17+/m1/s1. The lowest BCUT2D eigenvalue weighted by Gasteiger charge is -2.32. The summed E-state index contributed by atoms with van der Waals surface area (Å²) in [6.07, 6.45) is 6.62. The zero-order chi connectivity index (χ0) is 24.1. The number of carbonyl (C=O) groups excluding carboxylic acids is 1. The molecule has 35 heavy (non-hydrogen) atoms. The highest BCUT2D eigenvalue weighted by molar-refractivity contribution is 6.03. The lowest BCUT2D eigenvalue weighted by molar-refractivity contribution is -0.117. The second-order valence-electron chi connectivity index (χ2n) is 9.45. The zero-order valence-corrected chi connectivity index (χ0v) is 20.0. The smallest absolute Gasteiger partial charge is 0.228 e. The van der Waals surface area contributed by atoms with E-state index >= 15 is 0 Å². The van der Waals surface area contributed by atoms with Gasteiger partial charge in [-0.25, -0.2) is 19.5 Å². The lowest BCUT2D eigenvalue weighted by atomic mass is 10.1. The Morgan fingerprint density at radius 1 is 1.17 bits per heavy atom. The van der Waals surface area contributed by atoms with Gasteiger partial charge in [-0.15, -0.1) is 5.10 Å². The highest BCUT2D eigenvalue weighted by Crippen LogP contribution is 2.39. The summed E-state index contributed by atoms with van der Waals surface area (Å²) >= 11 is 0. The van der Waals surface area contributed by atoms with Gasteiger partial charge in [0.05, 0.1) is 24.6 Å². The van der Waals surface area contributed by atoms with Crippen molar-refractivity contribution in [1.82, 2.24) is 24.6 Å². The number of rotatable bonds is 5. The molecule has 1 saturated heterocycles. The van der Waals surface area contributed by atoms with Crippen molar-refractivity contribution in [3.63, 3.8) is 0 Å². The minimum Gasteiger partial charge on any atom is -0.375 e. The number of aromatic nitrogens is 5. The molecule has 0 radical (unpaired) electrons. The summed E-state index contributed by atoms with van der Waals surface area (Å²) < 4.78 is 7.48. The van der Waals surface area contributed by atoms with Crippen LogP contribution in [0, 0.1) is 11.8 Å². The summed E-state index contributed by atoms with van der Waals surface area (Å²) in [5.74, 6) is 2.31. The van der Waals surface area contributed by atoms with Gasteiger partial charge in [0.2, 0.25) is 5.91 Å². The van der Waals surface area contributed by atoms with E-state index in [0.717, 1.165) is 47.2 Å². The minimum atomic E-state index is 0.0182. The number of pyridine rings is 3. The Morgan fingerprint density at radius 3 is 2.80 bits per heavy atom. The van der Waals surface area contributed by atoms with Gasteiger partial charge in [-0.1, -0.05) is 6.92 Å². The molecular weight excluding hydrogens is 444 g/mol. The summed E-state index contributed by atoms with van der Waals surface area (Å²) in [6, 6.07) is 5.93. The van der Waals surface area contributed by atoms with E-state index in [4.69, 9.17) is 14.8 Å². The van der Waals surface area contributed by atoms with Gasteiger partial charge in [0, 0.05) is 54.8 Å². The average molecular weight is 473 g/mol. The first-order valence-electron chi connectivity index (χ1n) is 12.0. The van der Waals surface area contributed by atoms with Gasteiger partial charge < -0.3 is 20.3 Å². The molecule has 2 fully saturated rings. The molecule has 6 rings (SSSR count). The molecule has 0 bridgehead atoms. The van der Waals surface area contributed by atoms with Crippen LogP contribution in [0.3, 0.4) is 0 Å². The number of nitrogens with one attached hydrogen (secondary N) is 2. The second-order valence-corrected chi connectivity index (χ2v) is 9.45. The Hall–Kier alpha value is -3.79. The lowest BCUT2D eigenvalue weighted by Crippen LogP contribution is -2.41. The molecule has 4 aromatic heterocycles. The Kier molecular flexibility index (Phi) is 5.25. The average Bonchev–Trinajstić information content (AvgIpc) is 3.45. The van der Waals surface area contributed by atoms with E-state index < -0.39 is 0 Å². The molecule has 1 aliphatic heterocycles. The first-order chi connectivity index (χ1) is 17.0. The van der Waals surface area contributed by atoms with E-state index in [0.29, 0.717) is 30.0 Å². The van der Waals surface area contributed by atoms with E-state index in [1.165, 1.54) is 0 Å². The fraction of sp³-hybridized carbons (Fsp3) is 0.400. The molecule has 5 heterocycles. The highest BCUT2D eigenvalue weighted by atomic mass is 16.5. The first kappa shape index (κ1) is 21.7. The minimum absolute atomic E-state index is 0.0182. The third-order valence-electron chi connectivity index (χ3n) is 6.87. The summed E-state index contributed by atoms with van der Waals surface area (Å²) in [5.41, 5.74) is 2.62. The number of carbonyl (C=O) groups is 1. The summed E-state index contributed by atoms with van der Waals surface area (Å²) in [4.78, 5) is 28.6. The summed E-state index contributed by atoms with van der Waals surface area (Å²) in [5, 5.41) is 12.6. The Morgan fingerprint density at radius 2 is 2.03 bits per heavy atom. The molecule has 4 aromatic rings. The van der Waals surface area contributed by atoms with Crippen LogP contribution in [0.2, 0.25) is 0 Å². The zero-order valence-electron chi connectivity index (χ0n) is 20.0. The first-order valence-corrected chi connectivity index (χ1v) is 12.0. The van der Waals surface area contributed by atoms with Crippen molar-refractivity contribution in [3.05, 3.63) is 36.8 Å². The number of fused-ring (bicyclic) bond motifs is 2. The molecule has 10 nitrogen and oxygen atoms in total. The number of hydrogen-bond donors (Lipinski definition) is 2. The predicted octanol–water partition coefficient (Wildman–Crippen LogP) is 3.20. The maximum Gasteiger partial charge on any atom is 0.228 e.